The van der Waals surface area contributed by atoms with Crippen LogP contribution in [0, 0.1) is 0 Å². The third-order valence-corrected chi connectivity index (χ3v) is 5.05. The quantitative estimate of drug-likeness (QED) is 0.778. The van der Waals surface area contributed by atoms with Crippen LogP contribution in [0.15, 0.2) is 0 Å². The maximum absolute atomic E-state index is 12.0. The van der Waals surface area contributed by atoms with E-state index in [9.17, 15) is 9.90 Å². The molecule has 1 aromatic heterocycles. The summed E-state index contributed by atoms with van der Waals surface area (Å²) in [6.45, 7) is 10.8. The maximum Gasteiger partial charge on any atom is 0.413 e. The summed E-state index contributed by atoms with van der Waals surface area (Å²) in [6, 6.07) is 0. The van der Waals surface area contributed by atoms with Crippen LogP contribution in [0.25, 0.3) is 0 Å². The van der Waals surface area contributed by atoms with Gasteiger partial charge in [-0.3, -0.25) is 5.32 Å². The Morgan fingerprint density at radius 2 is 1.96 bits per heavy atom. The Bertz CT molecular complexity index is 598. The second-order valence-corrected chi connectivity index (χ2v) is 8.91. The van der Waals surface area contributed by atoms with Gasteiger partial charge in [-0.25, -0.2) is 9.78 Å². The van der Waals surface area contributed by atoms with Crippen molar-refractivity contribution < 1.29 is 24.1 Å². The van der Waals surface area contributed by atoms with Crippen LogP contribution in [0.5, 0.6) is 0 Å². The molecular weight excluding hydrogens is 356 g/mol. The Balaban J connectivity index is 1.99. The largest absolute Gasteiger partial charge is 0.444 e. The van der Waals surface area contributed by atoms with Crippen molar-refractivity contribution in [3.63, 3.8) is 0 Å². The number of thiazole rings is 1. The zero-order valence-corrected chi connectivity index (χ0v) is 17.1. The minimum absolute atomic E-state index is 0.215. The van der Waals surface area contributed by atoms with E-state index >= 15 is 0 Å². The van der Waals surface area contributed by atoms with Crippen molar-refractivity contribution in [1.29, 1.82) is 0 Å². The van der Waals surface area contributed by atoms with Gasteiger partial charge in [0.25, 0.3) is 0 Å². The lowest BCUT2D eigenvalue weighted by atomic mass is 10.1. The predicted octanol–water partition coefficient (Wildman–Crippen LogP) is 3.46. The lowest BCUT2D eigenvalue weighted by Gasteiger charge is -2.22. The molecule has 0 bridgehead atoms. The molecule has 1 fully saturated rings. The summed E-state index contributed by atoms with van der Waals surface area (Å²) < 4.78 is 16.5. The van der Waals surface area contributed by atoms with E-state index in [1.54, 1.807) is 34.6 Å². The standard InChI is InChI=1S/C18H30N2O5S/c1-17(2,3)25-16(21)20-15-19-13(14(26-15)18(4,5)22)8-11-24-12-6-9-23-10-7-12/h12,22H,6-11H2,1-5H3,(H,19,20,21). The van der Waals surface area contributed by atoms with Crippen LogP contribution in [-0.4, -0.2) is 47.7 Å². The van der Waals surface area contributed by atoms with Gasteiger partial charge in [0.2, 0.25) is 0 Å². The molecule has 1 amide bonds. The highest BCUT2D eigenvalue weighted by atomic mass is 32.1. The van der Waals surface area contributed by atoms with E-state index in [0.29, 0.717) is 18.2 Å². The highest BCUT2D eigenvalue weighted by Gasteiger charge is 2.26. The van der Waals surface area contributed by atoms with Gasteiger partial charge in [0.05, 0.1) is 28.9 Å². The Hall–Kier alpha value is -1.22. The van der Waals surface area contributed by atoms with Crippen LogP contribution in [0.2, 0.25) is 0 Å². The highest BCUT2D eigenvalue weighted by molar-refractivity contribution is 7.16. The number of carbonyl (C=O) groups excluding carboxylic acids is 1. The Kier molecular flexibility index (Phi) is 7.01. The van der Waals surface area contributed by atoms with Crippen molar-refractivity contribution in [3.05, 3.63) is 10.6 Å². The molecule has 0 radical (unpaired) electrons. The van der Waals surface area contributed by atoms with Crippen molar-refractivity contribution in [3.8, 4) is 0 Å². The third-order valence-electron chi connectivity index (χ3n) is 3.72. The molecule has 0 atom stereocenters. The number of rotatable bonds is 6. The normalized spacial score (nSPS) is 16.5. The monoisotopic (exact) mass is 386 g/mol. The number of aliphatic hydroxyl groups is 1. The minimum Gasteiger partial charge on any atom is -0.444 e. The van der Waals surface area contributed by atoms with Crippen LogP contribution < -0.4 is 5.32 Å². The summed E-state index contributed by atoms with van der Waals surface area (Å²) in [5, 5.41) is 13.5. The molecule has 1 aromatic rings. The van der Waals surface area contributed by atoms with Gasteiger partial charge in [0.15, 0.2) is 5.13 Å². The van der Waals surface area contributed by atoms with Gasteiger partial charge in [0, 0.05) is 19.6 Å². The molecule has 8 heteroatoms. The number of aromatic nitrogens is 1. The highest BCUT2D eigenvalue weighted by Crippen LogP contribution is 2.33. The lowest BCUT2D eigenvalue weighted by molar-refractivity contribution is -0.0310. The number of hydrogen-bond donors (Lipinski definition) is 2. The Labute approximate surface area is 159 Å². The molecule has 1 aliphatic rings. The van der Waals surface area contributed by atoms with Gasteiger partial charge < -0.3 is 19.3 Å². The van der Waals surface area contributed by atoms with Crippen molar-refractivity contribution in [2.24, 2.45) is 0 Å². The number of hydrogen-bond acceptors (Lipinski definition) is 7. The van der Waals surface area contributed by atoms with Crippen molar-refractivity contribution >= 4 is 22.6 Å². The van der Waals surface area contributed by atoms with Gasteiger partial charge in [0.1, 0.15) is 5.60 Å². The molecule has 2 N–H and O–H groups in total. The summed E-state index contributed by atoms with van der Waals surface area (Å²) in [5.74, 6) is 0. The fraction of sp³-hybridized carbons (Fsp3) is 0.778. The summed E-state index contributed by atoms with van der Waals surface area (Å²) in [7, 11) is 0. The molecule has 148 valence electrons. The zero-order valence-electron chi connectivity index (χ0n) is 16.3. The van der Waals surface area contributed by atoms with E-state index in [1.807, 2.05) is 0 Å². The lowest BCUT2D eigenvalue weighted by Crippen LogP contribution is -2.27. The number of nitrogens with zero attached hydrogens (tertiary/aromatic N) is 1. The van der Waals surface area contributed by atoms with Gasteiger partial charge in [-0.1, -0.05) is 11.3 Å². The van der Waals surface area contributed by atoms with Gasteiger partial charge in [-0.15, -0.1) is 0 Å². The minimum atomic E-state index is -1.04. The zero-order chi connectivity index (χ0) is 19.4. The Morgan fingerprint density at radius 3 is 2.54 bits per heavy atom. The predicted molar refractivity (Wildman–Crippen MR) is 101 cm³/mol. The first kappa shape index (κ1) is 21.1. The van der Waals surface area contributed by atoms with Crippen LogP contribution in [0.3, 0.4) is 0 Å². The van der Waals surface area contributed by atoms with E-state index in [0.717, 1.165) is 36.6 Å². The van der Waals surface area contributed by atoms with E-state index in [4.69, 9.17) is 14.2 Å². The molecule has 0 unspecified atom stereocenters. The summed E-state index contributed by atoms with van der Waals surface area (Å²) >= 11 is 1.26. The number of amides is 1. The van der Waals surface area contributed by atoms with Crippen LogP contribution in [-0.2, 0) is 26.2 Å². The molecule has 1 aliphatic heterocycles. The molecule has 26 heavy (non-hydrogen) atoms. The molecule has 0 spiro atoms. The van der Waals surface area contributed by atoms with Crippen molar-refractivity contribution in [2.45, 2.75) is 71.2 Å². The van der Waals surface area contributed by atoms with E-state index in [2.05, 4.69) is 10.3 Å². The summed E-state index contributed by atoms with van der Waals surface area (Å²) in [4.78, 5) is 17.1. The summed E-state index contributed by atoms with van der Waals surface area (Å²) in [5.41, 5.74) is -0.888. The van der Waals surface area contributed by atoms with E-state index in [-0.39, 0.29) is 6.10 Å². The van der Waals surface area contributed by atoms with Gasteiger partial charge in [-0.2, -0.15) is 0 Å². The van der Waals surface area contributed by atoms with Gasteiger partial charge in [-0.05, 0) is 47.5 Å². The van der Waals surface area contributed by atoms with E-state index in [1.165, 1.54) is 11.3 Å². The summed E-state index contributed by atoms with van der Waals surface area (Å²) in [6.07, 6.45) is 2.04. The molecule has 0 saturated carbocycles. The SMILES string of the molecule is CC(C)(C)OC(=O)Nc1nc(CCOC2CCOCC2)c(C(C)(C)O)s1. The topological polar surface area (TPSA) is 89.9 Å². The number of nitrogens with one attached hydrogen (secondary N) is 1. The second kappa shape index (κ2) is 8.65. The first-order valence-electron chi connectivity index (χ1n) is 8.96. The van der Waals surface area contributed by atoms with Crippen LogP contribution in [0.1, 0.15) is 58.0 Å². The molecule has 7 nitrogen and oxygen atoms in total. The number of carbonyl (C=O) groups is 1. The Morgan fingerprint density at radius 1 is 1.31 bits per heavy atom. The average Bonchev–Trinajstić information content (AvgIpc) is 2.89. The molecular formula is C18H30N2O5S. The second-order valence-electron chi connectivity index (χ2n) is 7.91. The first-order valence-corrected chi connectivity index (χ1v) is 9.78. The fourth-order valence-corrected chi connectivity index (χ4v) is 3.61. The third kappa shape index (κ3) is 6.83. The molecule has 2 heterocycles. The van der Waals surface area contributed by atoms with E-state index < -0.39 is 17.3 Å². The molecule has 2 rings (SSSR count). The smallest absolute Gasteiger partial charge is 0.413 e. The fourth-order valence-electron chi connectivity index (χ4n) is 2.61. The molecule has 1 saturated heterocycles. The molecule has 0 aliphatic carbocycles. The van der Waals surface area contributed by atoms with Crippen molar-refractivity contribution in [2.75, 3.05) is 25.1 Å². The first-order chi connectivity index (χ1) is 12.0. The number of anilines is 1. The maximum atomic E-state index is 12.0. The van der Waals surface area contributed by atoms with Gasteiger partial charge >= 0.3 is 6.09 Å². The number of ether oxygens (including phenoxy) is 3. The van der Waals surface area contributed by atoms with Crippen LogP contribution in [0.4, 0.5) is 9.93 Å². The molecule has 0 aromatic carbocycles. The average molecular weight is 387 g/mol. The van der Waals surface area contributed by atoms with Crippen LogP contribution >= 0.6 is 11.3 Å². The van der Waals surface area contributed by atoms with Crippen molar-refractivity contribution in [1.82, 2.24) is 4.98 Å².